The lowest BCUT2D eigenvalue weighted by molar-refractivity contribution is -0.325. The van der Waals surface area contributed by atoms with Gasteiger partial charge in [0.15, 0.2) is 0 Å². The Kier molecular flexibility index (Phi) is 5.83. The zero-order chi connectivity index (χ0) is 13.6. The molecule has 106 valence electrons. The van der Waals surface area contributed by atoms with Crippen LogP contribution in [0.4, 0.5) is 13.2 Å². The van der Waals surface area contributed by atoms with Crippen molar-refractivity contribution in [3.63, 3.8) is 0 Å². The number of likely N-dealkylation sites (N-methyl/N-ethyl adjacent to an activating group) is 1. The molecule has 1 saturated heterocycles. The van der Waals surface area contributed by atoms with Gasteiger partial charge in [0, 0.05) is 32.7 Å². The van der Waals surface area contributed by atoms with Crippen molar-refractivity contribution < 1.29 is 22.7 Å². The van der Waals surface area contributed by atoms with E-state index < -0.39 is 19.0 Å². The number of alkyl halides is 3. The minimum absolute atomic E-state index is 0.0863. The third-order valence-corrected chi connectivity index (χ3v) is 2.65. The van der Waals surface area contributed by atoms with Crippen LogP contribution < -0.4 is 10.6 Å². The van der Waals surface area contributed by atoms with Gasteiger partial charge in [0.2, 0.25) is 5.91 Å². The number of carbonyl (C=O) groups excluding carboxylic acids is 1. The summed E-state index contributed by atoms with van der Waals surface area (Å²) in [5.41, 5.74) is 0. The highest BCUT2D eigenvalue weighted by atomic mass is 19.4. The van der Waals surface area contributed by atoms with Crippen LogP contribution in [0.2, 0.25) is 0 Å². The van der Waals surface area contributed by atoms with Gasteiger partial charge in [-0.2, -0.15) is 0 Å². The lowest BCUT2D eigenvalue weighted by Gasteiger charge is -2.34. The molecule has 0 radical (unpaired) electrons. The number of hydrogen-bond acceptors (Lipinski definition) is 4. The second-order valence-electron chi connectivity index (χ2n) is 3.94. The Balaban J connectivity index is 2.42. The number of nitrogens with one attached hydrogen (secondary N) is 2. The van der Waals surface area contributed by atoms with Crippen LogP contribution in [0.5, 0.6) is 0 Å². The zero-order valence-corrected chi connectivity index (χ0v) is 10.2. The van der Waals surface area contributed by atoms with Gasteiger partial charge < -0.3 is 10.6 Å². The zero-order valence-electron chi connectivity index (χ0n) is 10.2. The van der Waals surface area contributed by atoms with Crippen LogP contribution in [0.3, 0.4) is 0 Å². The van der Waals surface area contributed by atoms with Gasteiger partial charge in [0.1, 0.15) is 6.04 Å². The lowest BCUT2D eigenvalue weighted by Crippen LogP contribution is -2.58. The quantitative estimate of drug-likeness (QED) is 0.734. The molecule has 5 nitrogen and oxygen atoms in total. The molecule has 18 heavy (non-hydrogen) atoms. The number of ether oxygens (including phenoxy) is 1. The fourth-order valence-electron chi connectivity index (χ4n) is 1.84. The number of amides is 1. The molecule has 0 saturated carbocycles. The summed E-state index contributed by atoms with van der Waals surface area (Å²) in [6, 6.07) is -0.435. The topological polar surface area (TPSA) is 53.6 Å². The Bertz CT molecular complexity index is 274. The highest BCUT2D eigenvalue weighted by molar-refractivity contribution is 5.82. The predicted molar refractivity (Wildman–Crippen MR) is 58.9 cm³/mol. The Morgan fingerprint density at radius 1 is 1.56 bits per heavy atom. The van der Waals surface area contributed by atoms with Crippen molar-refractivity contribution >= 4 is 5.91 Å². The third kappa shape index (κ3) is 5.19. The Morgan fingerprint density at radius 2 is 2.28 bits per heavy atom. The van der Waals surface area contributed by atoms with E-state index in [1.165, 1.54) is 0 Å². The number of carbonyl (C=O) groups is 1. The van der Waals surface area contributed by atoms with E-state index in [0.717, 1.165) is 0 Å². The maximum Gasteiger partial charge on any atom is 0.522 e. The fourth-order valence-corrected chi connectivity index (χ4v) is 1.84. The summed E-state index contributed by atoms with van der Waals surface area (Å²) in [5.74, 6) is -0.170. The number of nitrogens with zero attached hydrogens (tertiary/aromatic N) is 1. The molecule has 1 rings (SSSR count). The second-order valence-corrected chi connectivity index (χ2v) is 3.94. The Labute approximate surface area is 104 Å². The summed E-state index contributed by atoms with van der Waals surface area (Å²) >= 11 is 0. The lowest BCUT2D eigenvalue weighted by atomic mass is 10.2. The van der Waals surface area contributed by atoms with Gasteiger partial charge in [-0.05, 0) is 6.92 Å². The summed E-state index contributed by atoms with van der Waals surface area (Å²) < 4.78 is 39.3. The molecule has 0 spiro atoms. The highest BCUT2D eigenvalue weighted by Crippen LogP contribution is 2.16. The first-order chi connectivity index (χ1) is 8.44. The van der Waals surface area contributed by atoms with Crippen LogP contribution >= 0.6 is 0 Å². The first-order valence-electron chi connectivity index (χ1n) is 5.87. The molecule has 0 aromatic heterocycles. The van der Waals surface area contributed by atoms with E-state index in [-0.39, 0.29) is 12.5 Å². The molecule has 0 aromatic rings. The van der Waals surface area contributed by atoms with Crippen molar-refractivity contribution in [3.05, 3.63) is 0 Å². The van der Waals surface area contributed by atoms with Crippen LogP contribution in [0, 0.1) is 0 Å². The van der Waals surface area contributed by atoms with E-state index in [1.54, 1.807) is 11.8 Å². The van der Waals surface area contributed by atoms with E-state index in [4.69, 9.17) is 0 Å². The summed E-state index contributed by atoms with van der Waals surface area (Å²) in [4.78, 5) is 13.4. The molecule has 1 fully saturated rings. The molecule has 0 aliphatic carbocycles. The average Bonchev–Trinajstić information content (AvgIpc) is 2.28. The first kappa shape index (κ1) is 15.2. The van der Waals surface area contributed by atoms with Gasteiger partial charge in [-0.1, -0.05) is 0 Å². The molecule has 1 aliphatic rings. The van der Waals surface area contributed by atoms with Gasteiger partial charge in [0.25, 0.3) is 0 Å². The van der Waals surface area contributed by atoms with Crippen LogP contribution in [0.15, 0.2) is 0 Å². The molecule has 1 heterocycles. The van der Waals surface area contributed by atoms with Gasteiger partial charge in [0.05, 0.1) is 6.61 Å². The standard InChI is InChI=1S/C10H18F3N3O2/c1-2-15-9(17)8-7-14-3-4-16(8)5-6-18-10(11,12)13/h8,14H,2-7H2,1H3,(H,15,17). The van der Waals surface area contributed by atoms with Gasteiger partial charge >= 0.3 is 6.36 Å². The number of piperazine rings is 1. The third-order valence-electron chi connectivity index (χ3n) is 2.65. The smallest absolute Gasteiger partial charge is 0.355 e. The van der Waals surface area contributed by atoms with Crippen molar-refractivity contribution in [2.75, 3.05) is 39.3 Å². The normalized spacial score (nSPS) is 21.9. The highest BCUT2D eigenvalue weighted by Gasteiger charge is 2.31. The van der Waals surface area contributed by atoms with Gasteiger partial charge in [-0.25, -0.2) is 0 Å². The molecular weight excluding hydrogens is 251 g/mol. The molecule has 8 heteroatoms. The van der Waals surface area contributed by atoms with Crippen LogP contribution in [-0.4, -0.2) is 62.5 Å². The van der Waals surface area contributed by atoms with Gasteiger partial charge in [-0.3, -0.25) is 14.4 Å². The maximum absolute atomic E-state index is 11.9. The largest absolute Gasteiger partial charge is 0.522 e. The van der Waals surface area contributed by atoms with Crippen molar-refractivity contribution in [2.24, 2.45) is 0 Å². The van der Waals surface area contributed by atoms with Crippen molar-refractivity contribution in [1.29, 1.82) is 0 Å². The van der Waals surface area contributed by atoms with Crippen molar-refractivity contribution in [3.8, 4) is 0 Å². The molecule has 1 amide bonds. The van der Waals surface area contributed by atoms with Gasteiger partial charge in [-0.15, -0.1) is 13.2 Å². The molecule has 0 aromatic carbocycles. The SMILES string of the molecule is CCNC(=O)C1CNCCN1CCOC(F)(F)F. The van der Waals surface area contributed by atoms with E-state index in [2.05, 4.69) is 15.4 Å². The molecule has 1 aliphatic heterocycles. The average molecular weight is 269 g/mol. The van der Waals surface area contributed by atoms with Crippen LogP contribution in [-0.2, 0) is 9.53 Å². The number of halogens is 3. The minimum atomic E-state index is -4.62. The van der Waals surface area contributed by atoms with Crippen molar-refractivity contribution in [1.82, 2.24) is 15.5 Å². The summed E-state index contributed by atoms with van der Waals surface area (Å²) in [7, 11) is 0. The van der Waals surface area contributed by atoms with Crippen LogP contribution in [0.25, 0.3) is 0 Å². The van der Waals surface area contributed by atoms with Crippen molar-refractivity contribution in [2.45, 2.75) is 19.3 Å². The monoisotopic (exact) mass is 269 g/mol. The fraction of sp³-hybridized carbons (Fsp3) is 0.900. The molecule has 0 bridgehead atoms. The molecule has 1 unspecified atom stereocenters. The Morgan fingerprint density at radius 3 is 2.89 bits per heavy atom. The number of rotatable bonds is 5. The summed E-state index contributed by atoms with van der Waals surface area (Å²) in [6.45, 7) is 3.55. The van der Waals surface area contributed by atoms with E-state index in [0.29, 0.717) is 26.2 Å². The second kappa shape index (κ2) is 6.91. The molecule has 2 N–H and O–H groups in total. The number of hydrogen-bond donors (Lipinski definition) is 2. The van der Waals surface area contributed by atoms with Crippen LogP contribution in [0.1, 0.15) is 6.92 Å². The molecule has 1 atom stereocenters. The van der Waals surface area contributed by atoms with E-state index in [1.807, 2.05) is 0 Å². The van der Waals surface area contributed by atoms with E-state index >= 15 is 0 Å². The predicted octanol–water partition coefficient (Wildman–Crippen LogP) is -0.0673. The Hall–Kier alpha value is -0.860. The summed E-state index contributed by atoms with van der Waals surface area (Å²) in [6.07, 6.45) is -4.62. The minimum Gasteiger partial charge on any atom is -0.355 e. The maximum atomic E-state index is 11.9. The van der Waals surface area contributed by atoms with E-state index in [9.17, 15) is 18.0 Å². The summed E-state index contributed by atoms with van der Waals surface area (Å²) in [5, 5.41) is 5.71. The molecular formula is C10H18F3N3O2. The first-order valence-corrected chi connectivity index (χ1v) is 5.87.